The first-order chi connectivity index (χ1) is 12.7. The van der Waals surface area contributed by atoms with Gasteiger partial charge in [-0.05, 0) is 113 Å². The zero-order valence-electron chi connectivity index (χ0n) is 17.6. The molecule has 0 saturated heterocycles. The smallest absolute Gasteiger partial charge is 0.226 e. The summed E-state index contributed by atoms with van der Waals surface area (Å²) in [5.41, 5.74) is 10.6. The molecule has 0 amide bonds. The van der Waals surface area contributed by atoms with Crippen molar-refractivity contribution in [1.82, 2.24) is 9.97 Å². The minimum Gasteiger partial charge on any atom is -0.439 e. The van der Waals surface area contributed by atoms with Gasteiger partial charge >= 0.3 is 0 Å². The second kappa shape index (κ2) is 7.15. The Kier molecular flexibility index (Phi) is 5.05. The largest absolute Gasteiger partial charge is 0.439 e. The number of ether oxygens (including phenoxy) is 1. The molecule has 3 rings (SSSR count). The summed E-state index contributed by atoms with van der Waals surface area (Å²) in [4.78, 5) is 9.28. The van der Waals surface area contributed by atoms with Crippen LogP contribution in [0.5, 0.6) is 11.6 Å². The van der Waals surface area contributed by atoms with E-state index in [1.54, 1.807) is 0 Å². The van der Waals surface area contributed by atoms with Crippen molar-refractivity contribution >= 4 is 0 Å². The summed E-state index contributed by atoms with van der Waals surface area (Å²) in [5, 5.41) is 0. The van der Waals surface area contributed by atoms with Gasteiger partial charge < -0.3 is 4.74 Å². The summed E-state index contributed by atoms with van der Waals surface area (Å²) in [6.07, 6.45) is 0. The van der Waals surface area contributed by atoms with E-state index in [-0.39, 0.29) is 0 Å². The van der Waals surface area contributed by atoms with E-state index in [2.05, 4.69) is 70.8 Å². The summed E-state index contributed by atoms with van der Waals surface area (Å²) in [7, 11) is 0. The monoisotopic (exact) mass is 360 g/mol. The quantitative estimate of drug-likeness (QED) is 0.542. The van der Waals surface area contributed by atoms with E-state index >= 15 is 0 Å². The number of hydrogen-bond donors (Lipinski definition) is 0. The van der Waals surface area contributed by atoms with Gasteiger partial charge in [0, 0.05) is 11.1 Å². The first kappa shape index (κ1) is 19.1. The summed E-state index contributed by atoms with van der Waals surface area (Å²) in [6, 6.07) is 8.53. The van der Waals surface area contributed by atoms with Crippen LogP contribution in [0.2, 0.25) is 0 Å². The predicted molar refractivity (Wildman–Crippen MR) is 112 cm³/mol. The molecular formula is C24H28N2O. The van der Waals surface area contributed by atoms with Crippen LogP contribution in [0.1, 0.15) is 44.8 Å². The van der Waals surface area contributed by atoms with E-state index in [0.29, 0.717) is 11.7 Å². The van der Waals surface area contributed by atoms with Gasteiger partial charge in [-0.15, -0.1) is 0 Å². The van der Waals surface area contributed by atoms with Crippen molar-refractivity contribution in [3.05, 3.63) is 69.0 Å². The Labute approximate surface area is 162 Å². The highest BCUT2D eigenvalue weighted by atomic mass is 16.5. The molecule has 1 aromatic heterocycles. The van der Waals surface area contributed by atoms with Crippen LogP contribution in [-0.2, 0) is 0 Å². The van der Waals surface area contributed by atoms with Crippen molar-refractivity contribution in [3.8, 4) is 22.9 Å². The van der Waals surface area contributed by atoms with Gasteiger partial charge in [-0.25, -0.2) is 4.98 Å². The van der Waals surface area contributed by atoms with Gasteiger partial charge in [-0.1, -0.05) is 0 Å². The Balaban J connectivity index is 2.09. The first-order valence-electron chi connectivity index (χ1n) is 9.36. The lowest BCUT2D eigenvalue weighted by Gasteiger charge is -2.15. The molecule has 0 radical (unpaired) electrons. The molecule has 0 aliphatic carbocycles. The van der Waals surface area contributed by atoms with Gasteiger partial charge in [0.05, 0.1) is 5.69 Å². The highest BCUT2D eigenvalue weighted by molar-refractivity contribution is 5.67. The Morgan fingerprint density at radius 2 is 1.07 bits per heavy atom. The lowest BCUT2D eigenvalue weighted by atomic mass is 9.97. The van der Waals surface area contributed by atoms with Crippen LogP contribution in [0, 0.1) is 55.4 Å². The molecular weight excluding hydrogens is 332 g/mol. The van der Waals surface area contributed by atoms with Crippen LogP contribution in [0.25, 0.3) is 11.3 Å². The van der Waals surface area contributed by atoms with E-state index < -0.39 is 0 Å². The highest BCUT2D eigenvalue weighted by Gasteiger charge is 2.15. The van der Waals surface area contributed by atoms with Gasteiger partial charge in [-0.2, -0.15) is 4.98 Å². The molecule has 2 aromatic carbocycles. The zero-order valence-corrected chi connectivity index (χ0v) is 17.6. The first-order valence-corrected chi connectivity index (χ1v) is 9.36. The molecule has 0 N–H and O–H groups in total. The normalized spacial score (nSPS) is 11.0. The van der Waals surface area contributed by atoms with E-state index in [1.165, 1.54) is 33.4 Å². The standard InChI is InChI=1S/C24H28N2O/c1-13-9-21(10-14(2)17(13)5)23-19(7)24(26-20(8)25-23)27-22-11-15(3)18(6)16(4)12-22/h9-12H,1-8H3. The van der Waals surface area contributed by atoms with Gasteiger partial charge in [0.2, 0.25) is 5.88 Å². The fourth-order valence-electron chi connectivity index (χ4n) is 3.32. The second-order valence-electron chi connectivity index (χ2n) is 7.57. The number of nitrogens with zero attached hydrogens (tertiary/aromatic N) is 2. The minimum atomic E-state index is 0.621. The summed E-state index contributed by atoms with van der Waals surface area (Å²) in [6.45, 7) is 16.7. The van der Waals surface area contributed by atoms with Crippen LogP contribution in [0.3, 0.4) is 0 Å². The molecule has 1 heterocycles. The van der Waals surface area contributed by atoms with Crippen LogP contribution in [0.15, 0.2) is 24.3 Å². The second-order valence-corrected chi connectivity index (χ2v) is 7.57. The summed E-state index contributed by atoms with van der Waals surface area (Å²) >= 11 is 0. The third kappa shape index (κ3) is 3.73. The molecule has 0 atom stereocenters. The average Bonchev–Trinajstić information content (AvgIpc) is 2.60. The molecule has 0 fully saturated rings. The number of rotatable bonds is 3. The number of aryl methyl sites for hydroxylation is 5. The van der Waals surface area contributed by atoms with E-state index in [1.807, 2.05) is 13.8 Å². The molecule has 0 aliphatic heterocycles. The van der Waals surface area contributed by atoms with Gasteiger partial charge in [0.25, 0.3) is 0 Å². The van der Waals surface area contributed by atoms with E-state index in [4.69, 9.17) is 9.72 Å². The maximum atomic E-state index is 6.20. The van der Waals surface area contributed by atoms with Crippen molar-refractivity contribution in [2.75, 3.05) is 0 Å². The van der Waals surface area contributed by atoms with Crippen molar-refractivity contribution < 1.29 is 4.74 Å². The minimum absolute atomic E-state index is 0.621. The Morgan fingerprint density at radius 3 is 1.59 bits per heavy atom. The van der Waals surface area contributed by atoms with Crippen LogP contribution < -0.4 is 4.74 Å². The molecule has 0 unspecified atom stereocenters. The molecule has 3 heteroatoms. The molecule has 0 bridgehead atoms. The highest BCUT2D eigenvalue weighted by Crippen LogP contribution is 2.33. The van der Waals surface area contributed by atoms with E-state index in [0.717, 1.165) is 22.6 Å². The molecule has 140 valence electrons. The van der Waals surface area contributed by atoms with Crippen LogP contribution in [0.4, 0.5) is 0 Å². The SMILES string of the molecule is Cc1nc(Oc2cc(C)c(C)c(C)c2)c(C)c(-c2cc(C)c(C)c(C)c2)n1. The van der Waals surface area contributed by atoms with Crippen molar-refractivity contribution in [1.29, 1.82) is 0 Å². The number of benzene rings is 2. The van der Waals surface area contributed by atoms with Crippen molar-refractivity contribution in [2.24, 2.45) is 0 Å². The molecule has 0 spiro atoms. The summed E-state index contributed by atoms with van der Waals surface area (Å²) in [5.74, 6) is 2.15. The van der Waals surface area contributed by atoms with E-state index in [9.17, 15) is 0 Å². The number of aromatic nitrogens is 2. The molecule has 0 saturated carbocycles. The topological polar surface area (TPSA) is 35.0 Å². The third-order valence-electron chi connectivity index (χ3n) is 5.53. The Morgan fingerprint density at radius 1 is 0.593 bits per heavy atom. The predicted octanol–water partition coefficient (Wildman–Crippen LogP) is 6.40. The third-order valence-corrected chi connectivity index (χ3v) is 5.53. The van der Waals surface area contributed by atoms with Gasteiger partial charge in [0.15, 0.2) is 0 Å². The summed E-state index contributed by atoms with van der Waals surface area (Å²) < 4.78 is 6.20. The van der Waals surface area contributed by atoms with Gasteiger partial charge in [0.1, 0.15) is 11.6 Å². The van der Waals surface area contributed by atoms with Crippen molar-refractivity contribution in [2.45, 2.75) is 55.4 Å². The molecule has 3 nitrogen and oxygen atoms in total. The van der Waals surface area contributed by atoms with Crippen LogP contribution in [-0.4, -0.2) is 9.97 Å². The average molecular weight is 361 g/mol. The lowest BCUT2D eigenvalue weighted by molar-refractivity contribution is 0.455. The van der Waals surface area contributed by atoms with Crippen molar-refractivity contribution in [3.63, 3.8) is 0 Å². The zero-order chi connectivity index (χ0) is 19.9. The fourth-order valence-corrected chi connectivity index (χ4v) is 3.32. The molecule has 0 aliphatic rings. The number of hydrogen-bond acceptors (Lipinski definition) is 3. The lowest BCUT2D eigenvalue weighted by Crippen LogP contribution is -2.01. The Hall–Kier alpha value is -2.68. The maximum Gasteiger partial charge on any atom is 0.226 e. The molecule has 3 aromatic rings. The maximum absolute atomic E-state index is 6.20. The van der Waals surface area contributed by atoms with Crippen LogP contribution >= 0.6 is 0 Å². The molecule has 27 heavy (non-hydrogen) atoms. The Bertz CT molecular complexity index is 989. The fraction of sp³-hybridized carbons (Fsp3) is 0.333. The van der Waals surface area contributed by atoms with Gasteiger partial charge in [-0.3, -0.25) is 0 Å².